The lowest BCUT2D eigenvalue weighted by Gasteiger charge is -2.23. The fourth-order valence-corrected chi connectivity index (χ4v) is 2.93. The molecule has 26 heavy (non-hydrogen) atoms. The number of hydrogen-bond acceptors (Lipinski definition) is 5. The maximum atomic E-state index is 11.4. The fourth-order valence-electron chi connectivity index (χ4n) is 2.93. The lowest BCUT2D eigenvalue weighted by molar-refractivity contribution is 0.101. The second-order valence-corrected chi connectivity index (χ2v) is 6.49. The predicted octanol–water partition coefficient (Wildman–Crippen LogP) is 2.28. The van der Waals surface area contributed by atoms with Crippen molar-refractivity contribution in [1.29, 1.82) is 0 Å². The van der Waals surface area contributed by atoms with Crippen LogP contribution in [0.1, 0.15) is 49.5 Å². The van der Waals surface area contributed by atoms with Crippen LogP contribution in [-0.4, -0.2) is 63.0 Å². The smallest absolute Gasteiger partial charge is 0.159 e. The first-order valence-electron chi connectivity index (χ1n) is 10.2. The highest BCUT2D eigenvalue weighted by atomic mass is 16.1. The number of rotatable bonds is 3. The molecular weight excluding hydrogens is 324 g/mol. The average molecular weight is 363 g/mol. The summed E-state index contributed by atoms with van der Waals surface area (Å²) in [7, 11) is 0. The molecule has 0 atom stereocenters. The summed E-state index contributed by atoms with van der Waals surface area (Å²) in [4.78, 5) is 13.9. The van der Waals surface area contributed by atoms with Crippen LogP contribution in [0.25, 0.3) is 0 Å². The maximum Gasteiger partial charge on any atom is 0.159 e. The van der Waals surface area contributed by atoms with E-state index in [1.165, 1.54) is 12.0 Å². The summed E-state index contributed by atoms with van der Waals surface area (Å²) in [6, 6.07) is 8.04. The zero-order valence-electron chi connectivity index (χ0n) is 16.9. The topological polar surface area (TPSA) is 56.4 Å². The molecule has 1 saturated heterocycles. The van der Waals surface area contributed by atoms with Crippen LogP contribution in [0.3, 0.4) is 0 Å². The summed E-state index contributed by atoms with van der Waals surface area (Å²) >= 11 is 0. The van der Waals surface area contributed by atoms with Gasteiger partial charge in [0.1, 0.15) is 0 Å². The van der Waals surface area contributed by atoms with Crippen LogP contribution in [0.15, 0.2) is 24.3 Å². The second kappa shape index (κ2) is 14.9. The molecule has 1 aromatic carbocycles. The van der Waals surface area contributed by atoms with E-state index in [4.69, 9.17) is 0 Å². The summed E-state index contributed by atoms with van der Waals surface area (Å²) in [6.45, 7) is 15.0. The summed E-state index contributed by atoms with van der Waals surface area (Å²) in [5.74, 6) is 0.129. The molecule has 0 aliphatic carbocycles. The highest BCUT2D eigenvalue weighted by molar-refractivity contribution is 5.93. The lowest BCUT2D eigenvalue weighted by Crippen LogP contribution is -2.36. The van der Waals surface area contributed by atoms with Gasteiger partial charge < -0.3 is 16.0 Å². The number of Topliss-reactive ketones (excluding diaryl/α,β-unsaturated/α-hetero) is 1. The van der Waals surface area contributed by atoms with E-state index in [1.54, 1.807) is 6.92 Å². The number of benzene rings is 1. The van der Waals surface area contributed by atoms with E-state index in [1.807, 2.05) is 26.0 Å². The van der Waals surface area contributed by atoms with Crippen molar-refractivity contribution in [3.63, 3.8) is 0 Å². The SMILES string of the molecule is CC.CC(=O)c1ccc(CN2CCCNCCNCCCNCC2)cc1. The van der Waals surface area contributed by atoms with Crippen LogP contribution in [0.4, 0.5) is 0 Å². The van der Waals surface area contributed by atoms with Gasteiger partial charge in [-0.1, -0.05) is 38.1 Å². The first-order chi connectivity index (χ1) is 12.8. The van der Waals surface area contributed by atoms with Crippen molar-refractivity contribution in [3.8, 4) is 0 Å². The highest BCUT2D eigenvalue weighted by Crippen LogP contribution is 2.08. The van der Waals surface area contributed by atoms with Crippen LogP contribution in [0.2, 0.25) is 0 Å². The summed E-state index contributed by atoms with van der Waals surface area (Å²) in [5.41, 5.74) is 2.07. The molecule has 1 aromatic rings. The Balaban J connectivity index is 0.00000163. The number of carbonyl (C=O) groups excluding carboxylic acids is 1. The Labute approximate surface area is 159 Å². The zero-order chi connectivity index (χ0) is 19.0. The molecule has 148 valence electrons. The number of ketones is 1. The summed E-state index contributed by atoms with van der Waals surface area (Å²) < 4.78 is 0. The molecule has 0 amide bonds. The molecule has 5 heteroatoms. The van der Waals surface area contributed by atoms with Gasteiger partial charge in [0.15, 0.2) is 5.78 Å². The molecule has 0 radical (unpaired) electrons. The zero-order valence-corrected chi connectivity index (χ0v) is 16.9. The molecule has 1 fully saturated rings. The average Bonchev–Trinajstić information content (AvgIpc) is 2.67. The Bertz CT molecular complexity index is 461. The highest BCUT2D eigenvalue weighted by Gasteiger charge is 2.07. The van der Waals surface area contributed by atoms with Crippen molar-refractivity contribution in [2.45, 2.75) is 40.2 Å². The number of nitrogens with zero attached hydrogens (tertiary/aromatic N) is 1. The summed E-state index contributed by atoms with van der Waals surface area (Å²) in [5, 5.41) is 10.5. The first kappa shape index (κ1) is 22.8. The molecule has 2 rings (SSSR count). The molecule has 0 aromatic heterocycles. The van der Waals surface area contributed by atoms with Crippen molar-refractivity contribution >= 4 is 5.78 Å². The molecule has 5 nitrogen and oxygen atoms in total. The molecule has 0 spiro atoms. The molecule has 0 bridgehead atoms. The van der Waals surface area contributed by atoms with E-state index in [0.717, 1.165) is 70.9 Å². The van der Waals surface area contributed by atoms with Gasteiger partial charge >= 0.3 is 0 Å². The quantitative estimate of drug-likeness (QED) is 0.720. The minimum absolute atomic E-state index is 0.129. The van der Waals surface area contributed by atoms with E-state index < -0.39 is 0 Å². The van der Waals surface area contributed by atoms with Gasteiger partial charge in [-0.05, 0) is 51.5 Å². The van der Waals surface area contributed by atoms with Crippen LogP contribution < -0.4 is 16.0 Å². The molecule has 0 unspecified atom stereocenters. The van der Waals surface area contributed by atoms with Crippen molar-refractivity contribution in [3.05, 3.63) is 35.4 Å². The second-order valence-electron chi connectivity index (χ2n) is 6.49. The Morgan fingerprint density at radius 1 is 0.846 bits per heavy atom. The third-order valence-corrected chi connectivity index (χ3v) is 4.39. The van der Waals surface area contributed by atoms with Crippen LogP contribution in [0.5, 0.6) is 0 Å². The largest absolute Gasteiger partial charge is 0.315 e. The van der Waals surface area contributed by atoms with Crippen molar-refractivity contribution in [2.24, 2.45) is 0 Å². The standard InChI is InChI=1S/C19H32N4O.C2H6/c1-17(24)19-6-4-18(5-7-19)16-23-14-3-10-21-12-11-20-8-2-9-22-13-15-23;1-2/h4-7,20-22H,2-3,8-16H2,1H3;1-2H3. The number of carbonyl (C=O) groups is 1. The van der Waals surface area contributed by atoms with Gasteiger partial charge in [0.25, 0.3) is 0 Å². The Morgan fingerprint density at radius 2 is 1.42 bits per heavy atom. The Morgan fingerprint density at radius 3 is 2.04 bits per heavy atom. The molecule has 1 aliphatic heterocycles. The van der Waals surface area contributed by atoms with E-state index >= 15 is 0 Å². The fraction of sp³-hybridized carbons (Fsp3) is 0.667. The maximum absolute atomic E-state index is 11.4. The third-order valence-electron chi connectivity index (χ3n) is 4.39. The van der Waals surface area contributed by atoms with E-state index in [2.05, 4.69) is 33.0 Å². The molecular formula is C21H38N4O. The van der Waals surface area contributed by atoms with Gasteiger partial charge in [-0.25, -0.2) is 0 Å². The molecule has 1 aliphatic rings. The van der Waals surface area contributed by atoms with Crippen molar-refractivity contribution < 1.29 is 4.79 Å². The van der Waals surface area contributed by atoms with Gasteiger partial charge in [-0.15, -0.1) is 0 Å². The first-order valence-corrected chi connectivity index (χ1v) is 10.2. The summed E-state index contributed by atoms with van der Waals surface area (Å²) in [6.07, 6.45) is 2.33. The van der Waals surface area contributed by atoms with Gasteiger partial charge in [0, 0.05) is 38.3 Å². The number of hydrogen-bond donors (Lipinski definition) is 3. The molecule has 0 saturated carbocycles. The monoisotopic (exact) mass is 362 g/mol. The van der Waals surface area contributed by atoms with Crippen LogP contribution in [0, 0.1) is 0 Å². The van der Waals surface area contributed by atoms with Crippen LogP contribution >= 0.6 is 0 Å². The van der Waals surface area contributed by atoms with Gasteiger partial charge in [0.05, 0.1) is 0 Å². The van der Waals surface area contributed by atoms with E-state index in [0.29, 0.717) is 0 Å². The lowest BCUT2D eigenvalue weighted by atomic mass is 10.1. The van der Waals surface area contributed by atoms with Crippen LogP contribution in [-0.2, 0) is 6.54 Å². The Hall–Kier alpha value is -1.27. The predicted molar refractivity (Wildman–Crippen MR) is 111 cm³/mol. The van der Waals surface area contributed by atoms with E-state index in [-0.39, 0.29) is 5.78 Å². The minimum atomic E-state index is 0.129. The van der Waals surface area contributed by atoms with Gasteiger partial charge in [0.2, 0.25) is 0 Å². The van der Waals surface area contributed by atoms with Crippen molar-refractivity contribution in [2.75, 3.05) is 52.4 Å². The minimum Gasteiger partial charge on any atom is -0.315 e. The van der Waals surface area contributed by atoms with Gasteiger partial charge in [-0.3, -0.25) is 9.69 Å². The van der Waals surface area contributed by atoms with Crippen molar-refractivity contribution in [1.82, 2.24) is 20.9 Å². The molecule has 3 N–H and O–H groups in total. The Kier molecular flexibility index (Phi) is 13.0. The van der Waals surface area contributed by atoms with Gasteiger partial charge in [-0.2, -0.15) is 0 Å². The van der Waals surface area contributed by atoms with E-state index in [9.17, 15) is 4.79 Å². The third kappa shape index (κ3) is 10.0. The number of nitrogens with one attached hydrogen (secondary N) is 3. The molecule has 1 heterocycles. The normalized spacial score (nSPS) is 18.3.